The lowest BCUT2D eigenvalue weighted by Crippen LogP contribution is -2.41. The first-order valence-electron chi connectivity index (χ1n) is 9.14. The largest absolute Gasteiger partial charge is 0.347 e. The lowest BCUT2D eigenvalue weighted by Gasteiger charge is -2.22. The van der Waals surface area contributed by atoms with Gasteiger partial charge in [-0.05, 0) is 52.0 Å². The van der Waals surface area contributed by atoms with E-state index in [1.165, 1.54) is 19.2 Å². The van der Waals surface area contributed by atoms with E-state index in [1.54, 1.807) is 36.4 Å². The lowest BCUT2D eigenvalue weighted by atomic mass is 10.1. The van der Waals surface area contributed by atoms with Crippen LogP contribution in [0.5, 0.6) is 0 Å². The molecule has 156 valence electrons. The minimum Gasteiger partial charge on any atom is -0.347 e. The van der Waals surface area contributed by atoms with Crippen molar-refractivity contribution >= 4 is 27.5 Å². The summed E-state index contributed by atoms with van der Waals surface area (Å²) in [5.41, 5.74) is 1.13. The van der Waals surface area contributed by atoms with Crippen LogP contribution in [0.2, 0.25) is 0 Å². The van der Waals surface area contributed by atoms with Crippen LogP contribution in [0, 0.1) is 6.92 Å². The molecule has 0 unspecified atom stereocenters. The van der Waals surface area contributed by atoms with Gasteiger partial charge in [-0.3, -0.25) is 9.59 Å². The number of anilines is 1. The zero-order chi connectivity index (χ0) is 21.8. The fraction of sp³-hybridized carbons (Fsp3) is 0.333. The lowest BCUT2D eigenvalue weighted by molar-refractivity contribution is -0.116. The predicted octanol–water partition coefficient (Wildman–Crippen LogP) is 2.78. The molecular formula is C21H27N3O4S. The number of aryl methyl sites for hydroxylation is 1. The van der Waals surface area contributed by atoms with E-state index >= 15 is 0 Å². The quantitative estimate of drug-likeness (QED) is 0.755. The van der Waals surface area contributed by atoms with Crippen molar-refractivity contribution in [3.8, 4) is 0 Å². The molecule has 8 heteroatoms. The van der Waals surface area contributed by atoms with E-state index in [0.717, 1.165) is 9.87 Å². The fourth-order valence-corrected chi connectivity index (χ4v) is 3.69. The first kappa shape index (κ1) is 22.6. The number of para-hydroxylation sites is 1. The summed E-state index contributed by atoms with van der Waals surface area (Å²) in [7, 11) is -2.46. The molecule has 0 atom stereocenters. The van der Waals surface area contributed by atoms with Crippen molar-refractivity contribution < 1.29 is 18.0 Å². The Labute approximate surface area is 172 Å². The summed E-state index contributed by atoms with van der Waals surface area (Å²) in [6.45, 7) is 7.05. The molecule has 2 aromatic carbocycles. The third kappa shape index (κ3) is 6.13. The Balaban J connectivity index is 2.13. The summed E-state index contributed by atoms with van der Waals surface area (Å²) in [6.07, 6.45) is 0. The summed E-state index contributed by atoms with van der Waals surface area (Å²) in [5.74, 6) is -0.867. The number of hydrogen-bond acceptors (Lipinski definition) is 4. The van der Waals surface area contributed by atoms with Crippen LogP contribution >= 0.6 is 0 Å². The number of rotatable bonds is 6. The number of carbonyl (C=O) groups is 2. The standard InChI is InChI=1S/C21H27N3O4S/c1-15-10-12-16(13-11-15)29(27,28)24(5)14-19(25)22-18-9-7-6-8-17(18)20(26)23-21(2,3)4/h6-13H,14H2,1-5H3,(H,22,25)(H,23,26). The Morgan fingerprint density at radius 3 is 2.17 bits per heavy atom. The van der Waals surface area contributed by atoms with E-state index in [2.05, 4.69) is 10.6 Å². The van der Waals surface area contributed by atoms with Crippen molar-refractivity contribution in [2.45, 2.75) is 38.1 Å². The van der Waals surface area contributed by atoms with E-state index in [1.807, 2.05) is 27.7 Å². The molecule has 0 aliphatic rings. The Bertz CT molecular complexity index is 993. The molecule has 2 aromatic rings. The van der Waals surface area contributed by atoms with Gasteiger partial charge in [-0.1, -0.05) is 29.8 Å². The maximum atomic E-state index is 12.6. The summed E-state index contributed by atoms with van der Waals surface area (Å²) in [6, 6.07) is 13.0. The van der Waals surface area contributed by atoms with Crippen molar-refractivity contribution in [1.29, 1.82) is 0 Å². The summed E-state index contributed by atoms with van der Waals surface area (Å²) in [5, 5.41) is 5.48. The van der Waals surface area contributed by atoms with Crippen molar-refractivity contribution in [1.82, 2.24) is 9.62 Å². The van der Waals surface area contributed by atoms with E-state index in [4.69, 9.17) is 0 Å². The van der Waals surface area contributed by atoms with E-state index in [-0.39, 0.29) is 17.3 Å². The van der Waals surface area contributed by atoms with E-state index < -0.39 is 21.5 Å². The molecule has 0 saturated heterocycles. The maximum Gasteiger partial charge on any atom is 0.253 e. The average Bonchev–Trinajstić information content (AvgIpc) is 2.60. The average molecular weight is 418 g/mol. The van der Waals surface area contributed by atoms with Crippen molar-refractivity contribution in [2.24, 2.45) is 0 Å². The van der Waals surface area contributed by atoms with Crippen LogP contribution in [-0.4, -0.2) is 43.7 Å². The molecule has 0 aromatic heterocycles. The number of hydrogen-bond donors (Lipinski definition) is 2. The molecule has 0 spiro atoms. The molecule has 0 aliphatic carbocycles. The molecular weight excluding hydrogens is 390 g/mol. The van der Waals surface area contributed by atoms with Gasteiger partial charge in [0.25, 0.3) is 5.91 Å². The van der Waals surface area contributed by atoms with Crippen LogP contribution in [0.15, 0.2) is 53.4 Å². The minimum absolute atomic E-state index is 0.114. The zero-order valence-corrected chi connectivity index (χ0v) is 18.1. The van der Waals surface area contributed by atoms with Crippen LogP contribution in [0.3, 0.4) is 0 Å². The number of carbonyl (C=O) groups excluding carboxylic acids is 2. The first-order chi connectivity index (χ1) is 13.4. The Kier molecular flexibility index (Phi) is 6.81. The molecule has 2 rings (SSSR count). The van der Waals surface area contributed by atoms with Crippen LogP contribution < -0.4 is 10.6 Å². The molecule has 2 N–H and O–H groups in total. The van der Waals surface area contributed by atoms with Gasteiger partial charge >= 0.3 is 0 Å². The number of amides is 2. The third-order valence-electron chi connectivity index (χ3n) is 4.03. The van der Waals surface area contributed by atoms with Gasteiger partial charge in [-0.25, -0.2) is 8.42 Å². The molecule has 0 heterocycles. The fourth-order valence-electron chi connectivity index (χ4n) is 2.57. The first-order valence-corrected chi connectivity index (χ1v) is 10.6. The second-order valence-corrected chi connectivity index (χ2v) is 9.92. The molecule has 0 aliphatic heterocycles. The Hall–Kier alpha value is -2.71. The highest BCUT2D eigenvalue weighted by Crippen LogP contribution is 2.18. The van der Waals surface area contributed by atoms with Crippen molar-refractivity contribution in [3.05, 3.63) is 59.7 Å². The van der Waals surface area contributed by atoms with Gasteiger partial charge in [-0.15, -0.1) is 0 Å². The Morgan fingerprint density at radius 1 is 1.00 bits per heavy atom. The molecule has 29 heavy (non-hydrogen) atoms. The molecule has 0 fully saturated rings. The summed E-state index contributed by atoms with van der Waals surface area (Å²) < 4.78 is 26.3. The second-order valence-electron chi connectivity index (χ2n) is 7.87. The predicted molar refractivity (Wildman–Crippen MR) is 113 cm³/mol. The van der Waals surface area contributed by atoms with Gasteiger partial charge in [0.15, 0.2) is 0 Å². The number of nitrogens with one attached hydrogen (secondary N) is 2. The van der Waals surface area contributed by atoms with Crippen LogP contribution in [0.25, 0.3) is 0 Å². The Morgan fingerprint density at radius 2 is 1.59 bits per heavy atom. The highest BCUT2D eigenvalue weighted by Gasteiger charge is 2.24. The van der Waals surface area contributed by atoms with Gasteiger partial charge in [0, 0.05) is 12.6 Å². The number of sulfonamides is 1. The second kappa shape index (κ2) is 8.75. The van der Waals surface area contributed by atoms with Crippen LogP contribution in [0.1, 0.15) is 36.7 Å². The zero-order valence-electron chi connectivity index (χ0n) is 17.3. The van der Waals surface area contributed by atoms with Crippen molar-refractivity contribution in [3.63, 3.8) is 0 Å². The molecule has 7 nitrogen and oxygen atoms in total. The number of nitrogens with zero attached hydrogens (tertiary/aromatic N) is 1. The van der Waals surface area contributed by atoms with Gasteiger partial charge in [0.2, 0.25) is 15.9 Å². The smallest absolute Gasteiger partial charge is 0.253 e. The van der Waals surface area contributed by atoms with Gasteiger partial charge in [-0.2, -0.15) is 4.31 Å². The summed E-state index contributed by atoms with van der Waals surface area (Å²) >= 11 is 0. The highest BCUT2D eigenvalue weighted by molar-refractivity contribution is 7.89. The van der Waals surface area contributed by atoms with E-state index in [0.29, 0.717) is 11.3 Å². The monoisotopic (exact) mass is 417 g/mol. The minimum atomic E-state index is -3.80. The van der Waals surface area contributed by atoms with Crippen LogP contribution in [-0.2, 0) is 14.8 Å². The highest BCUT2D eigenvalue weighted by atomic mass is 32.2. The van der Waals surface area contributed by atoms with Crippen molar-refractivity contribution in [2.75, 3.05) is 18.9 Å². The number of likely N-dealkylation sites (N-methyl/N-ethyl adjacent to an activating group) is 1. The molecule has 0 saturated carbocycles. The maximum absolute atomic E-state index is 12.6. The third-order valence-corrected chi connectivity index (χ3v) is 5.85. The molecule has 2 amide bonds. The van der Waals surface area contributed by atoms with Gasteiger partial charge < -0.3 is 10.6 Å². The normalized spacial score (nSPS) is 11.9. The SMILES string of the molecule is Cc1ccc(S(=O)(=O)N(C)CC(=O)Nc2ccccc2C(=O)NC(C)(C)C)cc1. The van der Waals surface area contributed by atoms with E-state index in [9.17, 15) is 18.0 Å². The van der Waals surface area contributed by atoms with Gasteiger partial charge in [0.1, 0.15) is 0 Å². The number of benzene rings is 2. The molecule has 0 bridgehead atoms. The van der Waals surface area contributed by atoms with Gasteiger partial charge in [0.05, 0.1) is 22.7 Å². The van der Waals surface area contributed by atoms with Crippen LogP contribution in [0.4, 0.5) is 5.69 Å². The summed E-state index contributed by atoms with van der Waals surface area (Å²) in [4.78, 5) is 25.1. The molecule has 0 radical (unpaired) electrons. The topological polar surface area (TPSA) is 95.6 Å².